The minimum absolute atomic E-state index is 0.0106. The number of aromatic hydroxyl groups is 1. The van der Waals surface area contributed by atoms with Crippen molar-refractivity contribution in [1.29, 1.82) is 0 Å². The molecule has 1 heterocycles. The van der Waals surface area contributed by atoms with Crippen LogP contribution in [0.3, 0.4) is 0 Å². The summed E-state index contributed by atoms with van der Waals surface area (Å²) < 4.78 is 43.6. The molecule has 158 valence electrons. The lowest BCUT2D eigenvalue weighted by molar-refractivity contribution is -0.139. The van der Waals surface area contributed by atoms with E-state index in [1.165, 1.54) is 19.1 Å². The normalized spacial score (nSPS) is 12.3. The fraction of sp³-hybridized carbons (Fsp3) is 0.273. The number of aromatic nitrogens is 1. The van der Waals surface area contributed by atoms with Gasteiger partial charge in [0.2, 0.25) is 0 Å². The second-order valence-corrected chi connectivity index (χ2v) is 7.10. The Bertz CT molecular complexity index is 1150. The number of phenolic OH excluding ortho intramolecular Hbond substituents is 1. The molecule has 0 bridgehead atoms. The number of benzene rings is 2. The van der Waals surface area contributed by atoms with Crippen LogP contribution in [0, 0.1) is 24.4 Å². The number of carbonyl (C=O) groups is 2. The SMILES string of the molecule is CCCC[C@H](C(=O)O)c1c(C)n(C(=O)c2cccc(F)c2)c2cc(F)c(O)c(F)c12. The summed E-state index contributed by atoms with van der Waals surface area (Å²) in [6, 6.07) is 5.56. The Morgan fingerprint density at radius 2 is 1.87 bits per heavy atom. The minimum atomic E-state index is -1.34. The fourth-order valence-corrected chi connectivity index (χ4v) is 3.75. The van der Waals surface area contributed by atoms with Gasteiger partial charge in [-0.1, -0.05) is 25.8 Å². The summed E-state index contributed by atoms with van der Waals surface area (Å²) in [4.78, 5) is 25.1. The Hall–Kier alpha value is -3.29. The van der Waals surface area contributed by atoms with Crippen LogP contribution in [0.2, 0.25) is 0 Å². The highest BCUT2D eigenvalue weighted by Crippen LogP contribution is 2.40. The molecular weight excluding hydrogens is 399 g/mol. The third kappa shape index (κ3) is 3.53. The molecule has 8 heteroatoms. The number of unbranched alkanes of at least 4 members (excludes halogenated alkanes) is 1. The highest BCUT2D eigenvalue weighted by molar-refractivity contribution is 6.05. The van der Waals surface area contributed by atoms with Gasteiger partial charge < -0.3 is 10.2 Å². The van der Waals surface area contributed by atoms with Gasteiger partial charge in [0.05, 0.1) is 11.4 Å². The number of aliphatic carboxylic acids is 1. The molecule has 0 aliphatic rings. The average Bonchev–Trinajstić information content (AvgIpc) is 2.97. The maximum absolute atomic E-state index is 14.9. The summed E-state index contributed by atoms with van der Waals surface area (Å²) in [5.74, 6) is -7.72. The molecule has 0 unspecified atom stereocenters. The van der Waals surface area contributed by atoms with Crippen molar-refractivity contribution in [3.63, 3.8) is 0 Å². The van der Waals surface area contributed by atoms with E-state index < -0.39 is 41.0 Å². The number of nitrogens with zero attached hydrogens (tertiary/aromatic N) is 1. The predicted molar refractivity (Wildman–Crippen MR) is 104 cm³/mol. The summed E-state index contributed by atoms with van der Waals surface area (Å²) in [6.07, 6.45) is 1.37. The van der Waals surface area contributed by atoms with Crippen LogP contribution in [0.15, 0.2) is 30.3 Å². The molecule has 0 radical (unpaired) electrons. The van der Waals surface area contributed by atoms with Crippen LogP contribution in [0.25, 0.3) is 10.9 Å². The van der Waals surface area contributed by atoms with E-state index in [-0.39, 0.29) is 34.1 Å². The van der Waals surface area contributed by atoms with Crippen molar-refractivity contribution in [2.75, 3.05) is 0 Å². The van der Waals surface area contributed by atoms with Crippen molar-refractivity contribution in [3.05, 3.63) is 64.6 Å². The van der Waals surface area contributed by atoms with Crippen molar-refractivity contribution in [3.8, 4) is 5.75 Å². The number of phenols is 1. The number of carbonyl (C=O) groups excluding carboxylic acids is 1. The molecule has 1 atom stereocenters. The summed E-state index contributed by atoms with van der Waals surface area (Å²) in [5, 5.41) is 19.2. The molecular formula is C22H20F3NO4. The lowest BCUT2D eigenvalue weighted by Gasteiger charge is -2.14. The van der Waals surface area contributed by atoms with Crippen LogP contribution in [0.4, 0.5) is 13.2 Å². The number of halogens is 3. The fourth-order valence-electron chi connectivity index (χ4n) is 3.75. The van der Waals surface area contributed by atoms with E-state index in [0.717, 1.165) is 22.8 Å². The first-order chi connectivity index (χ1) is 14.2. The number of hydrogen-bond acceptors (Lipinski definition) is 3. The molecule has 0 fully saturated rings. The van der Waals surface area contributed by atoms with E-state index in [1.807, 2.05) is 6.92 Å². The quantitative estimate of drug-likeness (QED) is 0.581. The Morgan fingerprint density at radius 1 is 1.17 bits per heavy atom. The molecule has 0 aliphatic heterocycles. The number of carboxylic acid groups (broad SMARTS) is 1. The van der Waals surface area contributed by atoms with Crippen molar-refractivity contribution in [2.24, 2.45) is 0 Å². The maximum atomic E-state index is 14.9. The van der Waals surface area contributed by atoms with Crippen molar-refractivity contribution in [1.82, 2.24) is 4.57 Å². The monoisotopic (exact) mass is 419 g/mol. The maximum Gasteiger partial charge on any atom is 0.311 e. The first-order valence-corrected chi connectivity index (χ1v) is 9.43. The van der Waals surface area contributed by atoms with Crippen LogP contribution in [0.5, 0.6) is 5.75 Å². The Labute approximate surface area is 170 Å². The number of hydrogen-bond donors (Lipinski definition) is 2. The Kier molecular flexibility index (Phi) is 5.87. The van der Waals surface area contributed by atoms with Gasteiger partial charge in [-0.15, -0.1) is 0 Å². The molecule has 0 saturated heterocycles. The van der Waals surface area contributed by atoms with Gasteiger partial charge in [-0.05, 0) is 37.1 Å². The molecule has 1 aromatic heterocycles. The van der Waals surface area contributed by atoms with E-state index in [2.05, 4.69) is 0 Å². The highest BCUT2D eigenvalue weighted by atomic mass is 19.1. The van der Waals surface area contributed by atoms with Crippen LogP contribution in [-0.4, -0.2) is 26.7 Å². The zero-order valence-electron chi connectivity index (χ0n) is 16.4. The second-order valence-electron chi connectivity index (χ2n) is 7.10. The lowest BCUT2D eigenvalue weighted by atomic mass is 9.91. The first-order valence-electron chi connectivity index (χ1n) is 9.43. The Morgan fingerprint density at radius 3 is 2.47 bits per heavy atom. The van der Waals surface area contributed by atoms with Crippen molar-refractivity contribution in [2.45, 2.75) is 39.0 Å². The molecule has 0 spiro atoms. The third-order valence-corrected chi connectivity index (χ3v) is 5.18. The van der Waals surface area contributed by atoms with Crippen LogP contribution in [-0.2, 0) is 4.79 Å². The lowest BCUT2D eigenvalue weighted by Crippen LogP contribution is -2.16. The summed E-state index contributed by atoms with van der Waals surface area (Å²) in [7, 11) is 0. The van der Waals surface area contributed by atoms with E-state index in [9.17, 15) is 33.0 Å². The Balaban J connectivity index is 2.37. The number of fused-ring (bicyclic) bond motifs is 1. The van der Waals surface area contributed by atoms with Crippen LogP contribution < -0.4 is 0 Å². The van der Waals surface area contributed by atoms with Gasteiger partial charge in [0, 0.05) is 22.7 Å². The number of carboxylic acids is 1. The van der Waals surface area contributed by atoms with Gasteiger partial charge in [-0.3, -0.25) is 14.2 Å². The minimum Gasteiger partial charge on any atom is -0.503 e. The largest absolute Gasteiger partial charge is 0.503 e. The predicted octanol–water partition coefficient (Wildman–Crippen LogP) is 5.12. The van der Waals surface area contributed by atoms with Crippen LogP contribution >= 0.6 is 0 Å². The highest BCUT2D eigenvalue weighted by Gasteiger charge is 2.32. The van der Waals surface area contributed by atoms with E-state index in [0.29, 0.717) is 12.8 Å². The van der Waals surface area contributed by atoms with E-state index >= 15 is 0 Å². The van der Waals surface area contributed by atoms with Crippen molar-refractivity contribution >= 4 is 22.8 Å². The van der Waals surface area contributed by atoms with Gasteiger partial charge in [0.25, 0.3) is 5.91 Å². The molecule has 0 amide bonds. The molecule has 2 N–H and O–H groups in total. The smallest absolute Gasteiger partial charge is 0.311 e. The van der Waals surface area contributed by atoms with Gasteiger partial charge in [0.15, 0.2) is 17.4 Å². The first kappa shape index (κ1) is 21.4. The molecule has 30 heavy (non-hydrogen) atoms. The molecule has 3 aromatic rings. The molecule has 3 rings (SSSR count). The average molecular weight is 419 g/mol. The summed E-state index contributed by atoms with van der Waals surface area (Å²) in [6.45, 7) is 3.28. The molecule has 0 saturated carbocycles. The van der Waals surface area contributed by atoms with E-state index in [4.69, 9.17) is 0 Å². The topological polar surface area (TPSA) is 79.5 Å². The molecule has 0 aliphatic carbocycles. The van der Waals surface area contributed by atoms with Gasteiger partial charge in [0.1, 0.15) is 5.82 Å². The molecule has 2 aromatic carbocycles. The summed E-state index contributed by atoms with van der Waals surface area (Å²) in [5.41, 5.74) is -0.224. The van der Waals surface area contributed by atoms with Gasteiger partial charge in [-0.25, -0.2) is 13.2 Å². The van der Waals surface area contributed by atoms with Gasteiger partial charge in [-0.2, -0.15) is 0 Å². The standard InChI is InChI=1S/C22H20F3NO4/c1-3-4-8-14(22(29)30)17-11(2)26(21(28)12-6-5-7-13(23)9-12)16-10-15(24)20(27)19(25)18(16)17/h5-7,9-10,14,27H,3-4,8H2,1-2H3,(H,29,30)/t14-/m0/s1. The van der Waals surface area contributed by atoms with Crippen molar-refractivity contribution < 1.29 is 33.0 Å². The number of rotatable bonds is 6. The second kappa shape index (κ2) is 8.22. The van der Waals surface area contributed by atoms with Crippen LogP contribution in [0.1, 0.15) is 53.7 Å². The van der Waals surface area contributed by atoms with Gasteiger partial charge >= 0.3 is 5.97 Å². The zero-order valence-corrected chi connectivity index (χ0v) is 16.4. The summed E-state index contributed by atoms with van der Waals surface area (Å²) >= 11 is 0. The zero-order chi connectivity index (χ0) is 22.2. The van der Waals surface area contributed by atoms with E-state index in [1.54, 1.807) is 0 Å². The molecule has 5 nitrogen and oxygen atoms in total. The third-order valence-electron chi connectivity index (χ3n) is 5.18.